The van der Waals surface area contributed by atoms with Gasteiger partial charge in [0.2, 0.25) is 11.7 Å². The standard InChI is InChI=1S/C21H22ClN3O3/c1-13-9-14(2)11-16(10-13)27-15(3)21(26)25(4)12-19-23-20(24-28-19)17-7-5-6-8-18(17)22/h5-11,15H,12H2,1-4H3. The fraction of sp³-hybridized carbons (Fsp3) is 0.286. The highest BCUT2D eigenvalue weighted by Gasteiger charge is 2.22. The number of carbonyl (C=O) groups excluding carboxylic acids is 1. The zero-order valence-electron chi connectivity index (χ0n) is 16.3. The van der Waals surface area contributed by atoms with Gasteiger partial charge in [0.15, 0.2) is 6.10 Å². The van der Waals surface area contributed by atoms with E-state index in [1.807, 2.05) is 44.2 Å². The second kappa shape index (κ2) is 8.44. The van der Waals surface area contributed by atoms with Crippen LogP contribution >= 0.6 is 11.6 Å². The molecule has 3 aromatic rings. The molecule has 7 heteroatoms. The normalized spacial score (nSPS) is 11.9. The molecule has 0 fully saturated rings. The van der Waals surface area contributed by atoms with Gasteiger partial charge in [-0.1, -0.05) is 35.0 Å². The maximum Gasteiger partial charge on any atom is 0.263 e. The molecule has 1 amide bonds. The quantitative estimate of drug-likeness (QED) is 0.613. The van der Waals surface area contributed by atoms with Crippen molar-refractivity contribution < 1.29 is 14.1 Å². The Balaban J connectivity index is 1.65. The van der Waals surface area contributed by atoms with Gasteiger partial charge in [0.1, 0.15) is 5.75 Å². The van der Waals surface area contributed by atoms with Crippen LogP contribution in [0.4, 0.5) is 0 Å². The van der Waals surface area contributed by atoms with Crippen molar-refractivity contribution in [2.45, 2.75) is 33.4 Å². The third-order valence-electron chi connectivity index (χ3n) is 4.19. The van der Waals surface area contributed by atoms with E-state index >= 15 is 0 Å². The fourth-order valence-electron chi connectivity index (χ4n) is 2.92. The third kappa shape index (κ3) is 4.70. The molecule has 0 saturated carbocycles. The number of nitrogens with zero attached hydrogens (tertiary/aromatic N) is 3. The third-order valence-corrected chi connectivity index (χ3v) is 4.52. The van der Waals surface area contributed by atoms with Crippen LogP contribution < -0.4 is 4.74 Å². The topological polar surface area (TPSA) is 68.5 Å². The maximum atomic E-state index is 12.6. The van der Waals surface area contributed by atoms with Crippen LogP contribution in [0.5, 0.6) is 5.75 Å². The highest BCUT2D eigenvalue weighted by Crippen LogP contribution is 2.25. The molecule has 0 radical (unpaired) electrons. The Bertz CT molecular complexity index is 966. The average Bonchev–Trinajstić information content (AvgIpc) is 3.08. The number of aromatic nitrogens is 2. The molecule has 1 atom stereocenters. The molecule has 1 aromatic heterocycles. The van der Waals surface area contributed by atoms with Gasteiger partial charge in [-0.25, -0.2) is 0 Å². The summed E-state index contributed by atoms with van der Waals surface area (Å²) in [5.74, 6) is 1.20. The molecule has 28 heavy (non-hydrogen) atoms. The smallest absolute Gasteiger partial charge is 0.263 e. The minimum absolute atomic E-state index is 0.177. The minimum Gasteiger partial charge on any atom is -0.481 e. The summed E-state index contributed by atoms with van der Waals surface area (Å²) in [6.45, 7) is 5.88. The van der Waals surface area contributed by atoms with Gasteiger partial charge in [-0.2, -0.15) is 4.98 Å². The zero-order valence-corrected chi connectivity index (χ0v) is 17.0. The minimum atomic E-state index is -0.642. The molecule has 1 unspecified atom stereocenters. The summed E-state index contributed by atoms with van der Waals surface area (Å²) in [7, 11) is 1.67. The van der Waals surface area contributed by atoms with Crippen LogP contribution in [-0.4, -0.2) is 34.1 Å². The summed E-state index contributed by atoms with van der Waals surface area (Å²) in [6.07, 6.45) is -0.642. The van der Waals surface area contributed by atoms with Crippen LogP contribution in [0.1, 0.15) is 23.9 Å². The number of ether oxygens (including phenoxy) is 1. The first-order valence-corrected chi connectivity index (χ1v) is 9.28. The molecule has 0 aliphatic heterocycles. The van der Waals surface area contributed by atoms with Gasteiger partial charge < -0.3 is 14.2 Å². The molecule has 1 heterocycles. The molecular formula is C21H22ClN3O3. The summed E-state index contributed by atoms with van der Waals surface area (Å²) in [5.41, 5.74) is 2.85. The maximum absolute atomic E-state index is 12.6. The molecule has 0 bridgehead atoms. The SMILES string of the molecule is Cc1cc(C)cc(OC(C)C(=O)N(C)Cc2nc(-c3ccccc3Cl)no2)c1. The van der Waals surface area contributed by atoms with Crippen molar-refractivity contribution in [1.82, 2.24) is 15.0 Å². The van der Waals surface area contributed by atoms with Crippen molar-refractivity contribution in [3.05, 3.63) is 64.5 Å². The van der Waals surface area contributed by atoms with Crippen molar-refractivity contribution in [3.8, 4) is 17.1 Å². The lowest BCUT2D eigenvalue weighted by atomic mass is 10.1. The zero-order chi connectivity index (χ0) is 20.3. The van der Waals surface area contributed by atoms with Crippen molar-refractivity contribution in [3.63, 3.8) is 0 Å². The highest BCUT2D eigenvalue weighted by molar-refractivity contribution is 6.33. The molecule has 0 saturated heterocycles. The number of carbonyl (C=O) groups is 1. The van der Waals surface area contributed by atoms with E-state index in [2.05, 4.69) is 16.2 Å². The van der Waals surface area contributed by atoms with Gasteiger partial charge in [-0.05, 0) is 56.2 Å². The van der Waals surface area contributed by atoms with E-state index in [0.717, 1.165) is 11.1 Å². The number of hydrogen-bond donors (Lipinski definition) is 0. The molecule has 6 nitrogen and oxygen atoms in total. The average molecular weight is 400 g/mol. The number of amides is 1. The summed E-state index contributed by atoms with van der Waals surface area (Å²) < 4.78 is 11.1. The van der Waals surface area contributed by atoms with E-state index < -0.39 is 6.10 Å². The predicted molar refractivity (Wildman–Crippen MR) is 107 cm³/mol. The van der Waals surface area contributed by atoms with E-state index in [4.69, 9.17) is 20.9 Å². The van der Waals surface area contributed by atoms with Gasteiger partial charge in [-0.15, -0.1) is 0 Å². The Morgan fingerprint density at radius 2 is 1.89 bits per heavy atom. The van der Waals surface area contributed by atoms with Crippen LogP contribution in [-0.2, 0) is 11.3 Å². The number of halogens is 1. The first-order valence-electron chi connectivity index (χ1n) is 8.91. The van der Waals surface area contributed by atoms with Crippen LogP contribution in [0, 0.1) is 13.8 Å². The van der Waals surface area contributed by atoms with E-state index in [1.165, 1.54) is 4.90 Å². The lowest BCUT2D eigenvalue weighted by Crippen LogP contribution is -2.37. The van der Waals surface area contributed by atoms with Crippen molar-refractivity contribution in [2.75, 3.05) is 7.05 Å². The Hall–Kier alpha value is -2.86. The molecule has 0 aliphatic rings. The molecule has 146 valence electrons. The summed E-state index contributed by atoms with van der Waals surface area (Å²) in [4.78, 5) is 18.5. The molecule has 2 aromatic carbocycles. The summed E-state index contributed by atoms with van der Waals surface area (Å²) >= 11 is 6.16. The second-order valence-corrected chi connectivity index (χ2v) is 7.18. The molecule has 0 aliphatic carbocycles. The van der Waals surface area contributed by atoms with Gasteiger partial charge in [-0.3, -0.25) is 4.79 Å². The number of hydrogen-bond acceptors (Lipinski definition) is 5. The molecule has 0 spiro atoms. The van der Waals surface area contributed by atoms with Crippen molar-refractivity contribution >= 4 is 17.5 Å². The van der Waals surface area contributed by atoms with E-state index in [9.17, 15) is 4.79 Å². The Morgan fingerprint density at radius 3 is 2.57 bits per heavy atom. The lowest BCUT2D eigenvalue weighted by Gasteiger charge is -2.21. The first-order chi connectivity index (χ1) is 13.3. The van der Waals surface area contributed by atoms with Gasteiger partial charge >= 0.3 is 0 Å². The van der Waals surface area contributed by atoms with Crippen LogP contribution in [0.2, 0.25) is 5.02 Å². The summed E-state index contributed by atoms with van der Waals surface area (Å²) in [5, 5.41) is 4.49. The fourth-order valence-corrected chi connectivity index (χ4v) is 3.14. The number of benzene rings is 2. The van der Waals surface area contributed by atoms with E-state index in [-0.39, 0.29) is 12.5 Å². The Labute approximate surface area is 169 Å². The largest absolute Gasteiger partial charge is 0.481 e. The van der Waals surface area contributed by atoms with Crippen LogP contribution in [0.25, 0.3) is 11.4 Å². The highest BCUT2D eigenvalue weighted by atomic mass is 35.5. The van der Waals surface area contributed by atoms with E-state index in [1.54, 1.807) is 20.0 Å². The number of likely N-dealkylation sites (N-methyl/N-ethyl adjacent to an activating group) is 1. The van der Waals surface area contributed by atoms with Crippen molar-refractivity contribution in [2.24, 2.45) is 0 Å². The van der Waals surface area contributed by atoms with Gasteiger partial charge in [0.05, 0.1) is 11.6 Å². The number of aryl methyl sites for hydroxylation is 2. The molecule has 3 rings (SSSR count). The Morgan fingerprint density at radius 1 is 1.21 bits per heavy atom. The van der Waals surface area contributed by atoms with Gasteiger partial charge in [0, 0.05) is 12.6 Å². The number of rotatable bonds is 6. The van der Waals surface area contributed by atoms with Gasteiger partial charge in [0.25, 0.3) is 5.91 Å². The second-order valence-electron chi connectivity index (χ2n) is 6.77. The monoisotopic (exact) mass is 399 g/mol. The van der Waals surface area contributed by atoms with Crippen molar-refractivity contribution in [1.29, 1.82) is 0 Å². The lowest BCUT2D eigenvalue weighted by molar-refractivity contribution is -0.137. The molecular weight excluding hydrogens is 378 g/mol. The summed E-state index contributed by atoms with van der Waals surface area (Å²) in [6, 6.07) is 13.1. The predicted octanol–water partition coefficient (Wildman–Crippen LogP) is 4.43. The molecule has 0 N–H and O–H groups in total. The van der Waals surface area contributed by atoms with E-state index in [0.29, 0.717) is 28.1 Å². The Kier molecular flexibility index (Phi) is 5.99. The van der Waals surface area contributed by atoms with Crippen LogP contribution in [0.3, 0.4) is 0 Å². The first kappa shape index (κ1) is 19.9. The van der Waals surface area contributed by atoms with Crippen LogP contribution in [0.15, 0.2) is 47.0 Å².